The molecule has 0 aliphatic carbocycles. The highest BCUT2D eigenvalue weighted by Gasteiger charge is 2.42. The molecule has 0 bridgehead atoms. The van der Waals surface area contributed by atoms with Crippen molar-refractivity contribution >= 4 is 5.91 Å². The molecule has 0 saturated carbocycles. The van der Waals surface area contributed by atoms with Crippen molar-refractivity contribution in [3.8, 4) is 0 Å². The van der Waals surface area contributed by atoms with E-state index in [1.54, 1.807) is 23.2 Å². The average Bonchev–Trinajstić information content (AvgIpc) is 2.90. The Balaban J connectivity index is 1.49. The molecule has 7 heteroatoms. The summed E-state index contributed by atoms with van der Waals surface area (Å²) >= 11 is 0. The molecule has 6 nitrogen and oxygen atoms in total. The molecule has 0 N–H and O–H groups in total. The summed E-state index contributed by atoms with van der Waals surface area (Å²) in [6, 6.07) is 10.0. The van der Waals surface area contributed by atoms with Gasteiger partial charge in [-0.15, -0.1) is 0 Å². The zero-order valence-corrected chi connectivity index (χ0v) is 15.7. The van der Waals surface area contributed by atoms with Gasteiger partial charge in [0.05, 0.1) is 31.9 Å². The van der Waals surface area contributed by atoms with Crippen molar-refractivity contribution in [1.29, 1.82) is 0 Å². The van der Waals surface area contributed by atoms with E-state index < -0.39 is 11.6 Å². The summed E-state index contributed by atoms with van der Waals surface area (Å²) in [7, 11) is 0. The number of halogens is 1. The van der Waals surface area contributed by atoms with Crippen LogP contribution in [-0.4, -0.2) is 65.9 Å². The largest absolute Gasteiger partial charge is 0.347 e. The Kier molecular flexibility index (Phi) is 5.66. The molecule has 28 heavy (non-hydrogen) atoms. The molecule has 2 aliphatic rings. The number of carbonyl (C=O) groups excluding carboxylic acids is 1. The minimum atomic E-state index is -0.891. The second-order valence-electron chi connectivity index (χ2n) is 7.24. The monoisotopic (exact) mass is 385 g/mol. The molecule has 0 radical (unpaired) electrons. The molecule has 1 spiro atoms. The van der Waals surface area contributed by atoms with Crippen LogP contribution < -0.4 is 0 Å². The smallest absolute Gasteiger partial charge is 0.257 e. The number of hydrogen-bond donors (Lipinski definition) is 0. The zero-order valence-electron chi connectivity index (χ0n) is 15.7. The quantitative estimate of drug-likeness (QED) is 0.812. The maximum absolute atomic E-state index is 14.1. The van der Waals surface area contributed by atoms with Crippen LogP contribution in [0.25, 0.3) is 0 Å². The van der Waals surface area contributed by atoms with Gasteiger partial charge in [-0.1, -0.05) is 18.2 Å². The summed E-state index contributed by atoms with van der Waals surface area (Å²) < 4.78 is 26.2. The fourth-order valence-corrected chi connectivity index (χ4v) is 3.82. The van der Waals surface area contributed by atoms with Crippen LogP contribution in [0.15, 0.2) is 48.8 Å². The predicted octanol–water partition coefficient (Wildman–Crippen LogP) is 2.31. The topological polar surface area (TPSA) is 54.9 Å². The lowest BCUT2D eigenvalue weighted by atomic mass is 10.1. The van der Waals surface area contributed by atoms with Gasteiger partial charge < -0.3 is 14.4 Å². The molecule has 1 atom stereocenters. The Morgan fingerprint density at radius 1 is 1.11 bits per heavy atom. The van der Waals surface area contributed by atoms with Crippen LogP contribution in [0.3, 0.4) is 0 Å². The third-order valence-electron chi connectivity index (χ3n) is 5.13. The standard InChI is InChI=1S/C21H24FN3O3/c22-19-7-2-1-6-18(19)20(26)25-10-12-28-21(16-25)15-24(9-4-11-27-21)14-17-5-3-8-23-13-17/h1-3,5-8,13H,4,9-12,14-16H2. The number of morpholine rings is 1. The van der Waals surface area contributed by atoms with Crippen LogP contribution in [0, 0.1) is 5.82 Å². The van der Waals surface area contributed by atoms with Gasteiger partial charge in [0.15, 0.2) is 5.79 Å². The Hall–Kier alpha value is -2.35. The van der Waals surface area contributed by atoms with Crippen molar-refractivity contribution < 1.29 is 18.7 Å². The number of ether oxygens (including phenoxy) is 2. The maximum atomic E-state index is 14.1. The van der Waals surface area contributed by atoms with Gasteiger partial charge in [0.1, 0.15) is 5.82 Å². The van der Waals surface area contributed by atoms with E-state index in [9.17, 15) is 9.18 Å². The first-order valence-corrected chi connectivity index (χ1v) is 9.58. The van der Waals surface area contributed by atoms with Gasteiger partial charge in [0.2, 0.25) is 0 Å². The van der Waals surface area contributed by atoms with Gasteiger partial charge in [0.25, 0.3) is 5.91 Å². The van der Waals surface area contributed by atoms with Crippen LogP contribution in [-0.2, 0) is 16.0 Å². The molecule has 1 aromatic heterocycles. The van der Waals surface area contributed by atoms with Crippen molar-refractivity contribution in [2.24, 2.45) is 0 Å². The minimum absolute atomic E-state index is 0.0837. The van der Waals surface area contributed by atoms with Gasteiger partial charge in [-0.25, -0.2) is 4.39 Å². The van der Waals surface area contributed by atoms with Crippen LogP contribution in [0.4, 0.5) is 4.39 Å². The van der Waals surface area contributed by atoms with Gasteiger partial charge in [-0.05, 0) is 30.2 Å². The van der Waals surface area contributed by atoms with Crippen molar-refractivity contribution in [2.75, 3.05) is 39.4 Å². The van der Waals surface area contributed by atoms with E-state index in [0.717, 1.165) is 25.1 Å². The number of benzene rings is 1. The van der Waals surface area contributed by atoms with E-state index in [4.69, 9.17) is 9.47 Å². The fraction of sp³-hybridized carbons (Fsp3) is 0.429. The number of rotatable bonds is 3. The minimum Gasteiger partial charge on any atom is -0.347 e. The van der Waals surface area contributed by atoms with E-state index in [-0.39, 0.29) is 18.0 Å². The SMILES string of the molecule is O=C(c1ccccc1F)N1CCOC2(CN(Cc3cccnc3)CCCO2)C1. The lowest BCUT2D eigenvalue weighted by Crippen LogP contribution is -2.59. The molecule has 2 saturated heterocycles. The molecule has 1 amide bonds. The highest BCUT2D eigenvalue weighted by atomic mass is 19.1. The Morgan fingerprint density at radius 3 is 2.79 bits per heavy atom. The molecule has 4 rings (SSSR count). The summed E-state index contributed by atoms with van der Waals surface area (Å²) in [6.07, 6.45) is 4.49. The normalized spacial score (nSPS) is 23.5. The van der Waals surface area contributed by atoms with Crippen LogP contribution in [0.1, 0.15) is 22.3 Å². The third-order valence-corrected chi connectivity index (χ3v) is 5.13. The summed E-state index contributed by atoms with van der Waals surface area (Å²) in [6.45, 7) is 3.78. The van der Waals surface area contributed by atoms with Crippen LogP contribution in [0.2, 0.25) is 0 Å². The summed E-state index contributed by atoms with van der Waals surface area (Å²) in [5.74, 6) is -1.72. The van der Waals surface area contributed by atoms with Gasteiger partial charge >= 0.3 is 0 Å². The van der Waals surface area contributed by atoms with Crippen molar-refractivity contribution in [3.63, 3.8) is 0 Å². The molecule has 2 fully saturated rings. The maximum Gasteiger partial charge on any atom is 0.257 e. The molecule has 2 aromatic rings. The Morgan fingerprint density at radius 2 is 1.96 bits per heavy atom. The van der Waals surface area contributed by atoms with Crippen LogP contribution >= 0.6 is 0 Å². The second kappa shape index (κ2) is 8.34. The van der Waals surface area contributed by atoms with E-state index >= 15 is 0 Å². The van der Waals surface area contributed by atoms with Gasteiger partial charge in [-0.3, -0.25) is 14.7 Å². The first-order valence-electron chi connectivity index (χ1n) is 9.58. The van der Waals surface area contributed by atoms with Crippen molar-refractivity contribution in [1.82, 2.24) is 14.8 Å². The van der Waals surface area contributed by atoms with E-state index in [2.05, 4.69) is 9.88 Å². The molecule has 2 aliphatic heterocycles. The Bertz CT molecular complexity index is 820. The van der Waals surface area contributed by atoms with Gasteiger partial charge in [-0.2, -0.15) is 0 Å². The van der Waals surface area contributed by atoms with Gasteiger partial charge in [0, 0.05) is 32.0 Å². The number of amides is 1. The number of carbonyl (C=O) groups is 1. The summed E-state index contributed by atoms with van der Waals surface area (Å²) in [4.78, 5) is 20.9. The number of nitrogens with zero attached hydrogens (tertiary/aromatic N) is 3. The average molecular weight is 385 g/mol. The fourth-order valence-electron chi connectivity index (χ4n) is 3.82. The first kappa shape index (κ1) is 19.0. The van der Waals surface area contributed by atoms with Crippen LogP contribution in [0.5, 0.6) is 0 Å². The molecule has 1 unspecified atom stereocenters. The number of aromatic nitrogens is 1. The zero-order chi connectivity index (χ0) is 19.4. The predicted molar refractivity (Wildman–Crippen MR) is 101 cm³/mol. The summed E-state index contributed by atoms with van der Waals surface area (Å²) in [5, 5.41) is 0. The second-order valence-corrected chi connectivity index (χ2v) is 7.24. The third kappa shape index (κ3) is 4.22. The highest BCUT2D eigenvalue weighted by Crippen LogP contribution is 2.26. The van der Waals surface area contributed by atoms with Crippen molar-refractivity contribution in [3.05, 3.63) is 65.7 Å². The van der Waals surface area contributed by atoms with E-state index in [1.807, 2.05) is 18.3 Å². The lowest BCUT2D eigenvalue weighted by molar-refractivity contribution is -0.261. The lowest BCUT2D eigenvalue weighted by Gasteiger charge is -2.43. The molecule has 148 valence electrons. The highest BCUT2D eigenvalue weighted by molar-refractivity contribution is 5.94. The Labute approximate surface area is 163 Å². The first-order chi connectivity index (χ1) is 13.7. The van der Waals surface area contributed by atoms with E-state index in [0.29, 0.717) is 26.3 Å². The number of hydrogen-bond acceptors (Lipinski definition) is 5. The summed E-state index contributed by atoms with van der Waals surface area (Å²) in [5.41, 5.74) is 1.20. The molecular formula is C21H24FN3O3. The molecule has 3 heterocycles. The molecule has 1 aromatic carbocycles. The molecular weight excluding hydrogens is 361 g/mol. The number of pyridine rings is 1. The van der Waals surface area contributed by atoms with Crippen molar-refractivity contribution in [2.45, 2.75) is 18.8 Å². The van der Waals surface area contributed by atoms with E-state index in [1.165, 1.54) is 12.1 Å².